The average Bonchev–Trinajstić information content (AvgIpc) is 2.86. The van der Waals surface area contributed by atoms with E-state index in [2.05, 4.69) is 15.3 Å². The van der Waals surface area contributed by atoms with E-state index < -0.39 is 0 Å². The van der Waals surface area contributed by atoms with E-state index in [1.54, 1.807) is 19.3 Å². The highest BCUT2D eigenvalue weighted by Gasteiger charge is 2.30. The third-order valence-electron chi connectivity index (χ3n) is 3.10. The Bertz CT molecular complexity index is 424. The maximum absolute atomic E-state index is 11.6. The number of amides is 1. The zero-order chi connectivity index (χ0) is 13.0. The molecule has 0 aromatic carbocycles. The normalized spacial score (nSPS) is 19.0. The summed E-state index contributed by atoms with van der Waals surface area (Å²) in [5.74, 6) is 0.723. The summed E-state index contributed by atoms with van der Waals surface area (Å²) in [7, 11) is 0. The molecule has 0 unspecified atom stereocenters. The van der Waals surface area contributed by atoms with Gasteiger partial charge in [-0.3, -0.25) is 9.78 Å². The van der Waals surface area contributed by atoms with Crippen LogP contribution >= 0.6 is 0 Å². The molecule has 1 saturated heterocycles. The van der Waals surface area contributed by atoms with E-state index in [0.717, 1.165) is 25.1 Å². The van der Waals surface area contributed by atoms with E-state index in [-0.39, 0.29) is 18.6 Å². The number of carbonyl (C=O) groups is 1. The van der Waals surface area contributed by atoms with Gasteiger partial charge in [0.2, 0.25) is 5.91 Å². The van der Waals surface area contributed by atoms with Gasteiger partial charge in [0.1, 0.15) is 11.5 Å². The van der Waals surface area contributed by atoms with Gasteiger partial charge in [0.25, 0.3) is 0 Å². The van der Waals surface area contributed by atoms with Gasteiger partial charge in [0, 0.05) is 32.4 Å². The van der Waals surface area contributed by atoms with Crippen molar-refractivity contribution in [2.75, 3.05) is 25.0 Å². The molecule has 0 radical (unpaired) electrons. The molecule has 2 heterocycles. The Hall–Kier alpha value is -1.69. The number of nitrogens with zero attached hydrogens (tertiary/aromatic N) is 3. The van der Waals surface area contributed by atoms with Crippen LogP contribution in [0.25, 0.3) is 0 Å². The number of aliphatic hydroxyl groups excluding tert-OH is 1. The molecule has 0 aliphatic carbocycles. The second kappa shape index (κ2) is 5.77. The van der Waals surface area contributed by atoms with E-state index in [1.165, 1.54) is 0 Å². The fourth-order valence-corrected chi connectivity index (χ4v) is 2.33. The third-order valence-corrected chi connectivity index (χ3v) is 3.10. The number of carbonyl (C=O) groups excluding carboxylic acids is 1. The minimum absolute atomic E-state index is 0.00241. The summed E-state index contributed by atoms with van der Waals surface area (Å²) in [6.45, 7) is 2.82. The Morgan fingerprint density at radius 3 is 3.06 bits per heavy atom. The fourth-order valence-electron chi connectivity index (χ4n) is 2.33. The summed E-state index contributed by atoms with van der Waals surface area (Å²) in [4.78, 5) is 22.0. The van der Waals surface area contributed by atoms with Crippen molar-refractivity contribution in [2.24, 2.45) is 0 Å². The summed E-state index contributed by atoms with van der Waals surface area (Å²) in [6, 6.07) is -0.00241. The van der Waals surface area contributed by atoms with Crippen LogP contribution in [0.4, 0.5) is 5.82 Å². The number of likely N-dealkylation sites (tertiary alicyclic amines) is 1. The molecule has 0 saturated carbocycles. The quantitative estimate of drug-likeness (QED) is 0.816. The van der Waals surface area contributed by atoms with Gasteiger partial charge in [-0.2, -0.15) is 0 Å². The molecule has 1 aliphatic rings. The van der Waals surface area contributed by atoms with Crippen molar-refractivity contribution in [3.05, 3.63) is 18.1 Å². The van der Waals surface area contributed by atoms with Crippen LogP contribution < -0.4 is 5.32 Å². The highest BCUT2D eigenvalue weighted by Crippen LogP contribution is 2.33. The smallest absolute Gasteiger partial charge is 0.220 e. The Balaban J connectivity index is 2.23. The van der Waals surface area contributed by atoms with E-state index in [4.69, 9.17) is 5.11 Å². The van der Waals surface area contributed by atoms with Crippen LogP contribution in [-0.4, -0.2) is 45.6 Å². The molecular weight excluding hydrogens is 232 g/mol. The topological polar surface area (TPSA) is 78.4 Å². The highest BCUT2D eigenvalue weighted by molar-refractivity contribution is 5.74. The van der Waals surface area contributed by atoms with Gasteiger partial charge in [-0.15, -0.1) is 0 Å². The second-order valence-electron chi connectivity index (χ2n) is 4.31. The fraction of sp³-hybridized carbons (Fsp3) is 0.583. The standard InChI is InChI=1S/C12H18N4O2/c1-9(18)16-7-2-3-10(16)11-12(15-6-8-17)14-5-4-13-11/h4-5,10,17H,2-3,6-8H2,1H3,(H,14,15)/t10-/m1/s1. The monoisotopic (exact) mass is 250 g/mol. The van der Waals surface area contributed by atoms with Crippen LogP contribution in [0.5, 0.6) is 0 Å². The second-order valence-corrected chi connectivity index (χ2v) is 4.31. The number of nitrogens with one attached hydrogen (secondary N) is 1. The lowest BCUT2D eigenvalue weighted by Crippen LogP contribution is -2.29. The lowest BCUT2D eigenvalue weighted by atomic mass is 10.1. The molecule has 2 N–H and O–H groups in total. The number of rotatable bonds is 4. The highest BCUT2D eigenvalue weighted by atomic mass is 16.3. The Labute approximate surface area is 106 Å². The molecule has 18 heavy (non-hydrogen) atoms. The number of anilines is 1. The van der Waals surface area contributed by atoms with Crippen LogP contribution in [0.15, 0.2) is 12.4 Å². The van der Waals surface area contributed by atoms with Gasteiger partial charge < -0.3 is 15.3 Å². The molecule has 1 aromatic rings. The van der Waals surface area contributed by atoms with E-state index in [1.807, 2.05) is 4.90 Å². The lowest BCUT2D eigenvalue weighted by Gasteiger charge is -2.24. The van der Waals surface area contributed by atoms with Gasteiger partial charge in [-0.05, 0) is 12.8 Å². The lowest BCUT2D eigenvalue weighted by molar-refractivity contribution is -0.129. The summed E-state index contributed by atoms with van der Waals surface area (Å²) in [5.41, 5.74) is 0.790. The van der Waals surface area contributed by atoms with Crippen molar-refractivity contribution >= 4 is 11.7 Å². The average molecular weight is 250 g/mol. The van der Waals surface area contributed by atoms with Crippen LogP contribution in [0.1, 0.15) is 31.5 Å². The minimum atomic E-state index is -0.00241. The Kier molecular flexibility index (Phi) is 4.09. The molecule has 1 atom stereocenters. The van der Waals surface area contributed by atoms with Gasteiger partial charge >= 0.3 is 0 Å². The predicted octanol–water partition coefficient (Wildman–Crippen LogP) is 0.564. The van der Waals surface area contributed by atoms with Crippen molar-refractivity contribution in [3.63, 3.8) is 0 Å². The van der Waals surface area contributed by atoms with E-state index in [0.29, 0.717) is 12.4 Å². The largest absolute Gasteiger partial charge is 0.395 e. The van der Waals surface area contributed by atoms with Gasteiger partial charge in [0.15, 0.2) is 0 Å². The van der Waals surface area contributed by atoms with Crippen molar-refractivity contribution < 1.29 is 9.90 Å². The molecule has 98 valence electrons. The zero-order valence-electron chi connectivity index (χ0n) is 10.5. The maximum Gasteiger partial charge on any atom is 0.220 e. The van der Waals surface area contributed by atoms with Crippen LogP contribution in [-0.2, 0) is 4.79 Å². The summed E-state index contributed by atoms with van der Waals surface area (Å²) < 4.78 is 0. The van der Waals surface area contributed by atoms with Crippen LogP contribution in [0, 0.1) is 0 Å². The molecule has 1 aliphatic heterocycles. The van der Waals surface area contributed by atoms with Crippen molar-refractivity contribution in [2.45, 2.75) is 25.8 Å². The Morgan fingerprint density at radius 2 is 2.33 bits per heavy atom. The summed E-state index contributed by atoms with van der Waals surface area (Å²) in [5, 5.41) is 11.9. The number of aliphatic hydroxyl groups is 1. The molecule has 1 amide bonds. The first-order valence-electron chi connectivity index (χ1n) is 6.17. The van der Waals surface area contributed by atoms with Gasteiger partial charge in [-0.25, -0.2) is 4.98 Å². The maximum atomic E-state index is 11.6. The number of hydrogen-bond donors (Lipinski definition) is 2. The molecule has 0 spiro atoms. The van der Waals surface area contributed by atoms with E-state index >= 15 is 0 Å². The first kappa shape index (κ1) is 12.8. The van der Waals surface area contributed by atoms with Gasteiger partial charge in [-0.1, -0.05) is 0 Å². The summed E-state index contributed by atoms with van der Waals surface area (Å²) >= 11 is 0. The number of aromatic nitrogens is 2. The zero-order valence-corrected chi connectivity index (χ0v) is 10.5. The molecule has 1 fully saturated rings. The molecular formula is C12H18N4O2. The van der Waals surface area contributed by atoms with Crippen molar-refractivity contribution in [1.29, 1.82) is 0 Å². The predicted molar refractivity (Wildman–Crippen MR) is 67.0 cm³/mol. The van der Waals surface area contributed by atoms with Crippen LogP contribution in [0.2, 0.25) is 0 Å². The minimum Gasteiger partial charge on any atom is -0.395 e. The molecule has 1 aromatic heterocycles. The molecule has 0 bridgehead atoms. The Morgan fingerprint density at radius 1 is 1.56 bits per heavy atom. The van der Waals surface area contributed by atoms with Gasteiger partial charge in [0.05, 0.1) is 12.6 Å². The van der Waals surface area contributed by atoms with Crippen molar-refractivity contribution in [1.82, 2.24) is 14.9 Å². The van der Waals surface area contributed by atoms with Crippen molar-refractivity contribution in [3.8, 4) is 0 Å². The molecule has 2 rings (SSSR count). The van der Waals surface area contributed by atoms with Crippen LogP contribution in [0.3, 0.4) is 0 Å². The summed E-state index contributed by atoms with van der Waals surface area (Å²) in [6.07, 6.45) is 5.14. The molecule has 6 heteroatoms. The third kappa shape index (κ3) is 2.59. The first-order valence-corrected chi connectivity index (χ1v) is 6.17. The SMILES string of the molecule is CC(=O)N1CCC[C@@H]1c1nccnc1NCCO. The number of hydrogen-bond acceptors (Lipinski definition) is 5. The first-order chi connectivity index (χ1) is 8.74. The van der Waals surface area contributed by atoms with E-state index in [9.17, 15) is 4.79 Å². The molecule has 6 nitrogen and oxygen atoms in total.